The second-order valence-electron chi connectivity index (χ2n) is 9.72. The Morgan fingerprint density at radius 2 is 2.15 bits per heavy atom. The molecule has 3 aliphatic carbocycles. The molecule has 146 valence electrons. The van der Waals surface area contributed by atoms with E-state index >= 15 is 0 Å². The summed E-state index contributed by atoms with van der Waals surface area (Å²) in [5.74, 6) is 1.86. The van der Waals surface area contributed by atoms with Crippen LogP contribution in [-0.2, 0) is 11.8 Å². The number of likely N-dealkylation sites (N-methyl/N-ethyl adjacent to an activating group) is 1. The largest absolute Gasteiger partial charge is 0.504 e. The molecule has 1 saturated heterocycles. The van der Waals surface area contributed by atoms with Crippen molar-refractivity contribution in [3.63, 3.8) is 0 Å². The third-order valence-electron chi connectivity index (χ3n) is 8.55. The number of aliphatic hydroxyl groups is 1. The lowest BCUT2D eigenvalue weighted by Crippen LogP contribution is -2.80. The summed E-state index contributed by atoms with van der Waals surface area (Å²) >= 11 is 0. The van der Waals surface area contributed by atoms with E-state index in [2.05, 4.69) is 23.2 Å². The zero-order chi connectivity index (χ0) is 18.6. The second kappa shape index (κ2) is 5.19. The minimum absolute atomic E-state index is 0.114. The van der Waals surface area contributed by atoms with Gasteiger partial charge in [-0.2, -0.15) is 0 Å². The van der Waals surface area contributed by atoms with Gasteiger partial charge in [-0.1, -0.05) is 13.0 Å². The van der Waals surface area contributed by atoms with Gasteiger partial charge in [-0.25, -0.2) is 0 Å². The topological polar surface area (TPSA) is 65.0 Å². The van der Waals surface area contributed by atoms with Gasteiger partial charge < -0.3 is 20.3 Å². The highest BCUT2D eigenvalue weighted by Gasteiger charge is 2.74. The van der Waals surface area contributed by atoms with Crippen LogP contribution in [0.15, 0.2) is 12.1 Å². The third kappa shape index (κ3) is 1.82. The molecule has 27 heavy (non-hydrogen) atoms. The van der Waals surface area contributed by atoms with Gasteiger partial charge in [-0.15, -0.1) is 0 Å². The van der Waals surface area contributed by atoms with E-state index in [0.717, 1.165) is 43.8 Å². The molecule has 1 aromatic rings. The summed E-state index contributed by atoms with van der Waals surface area (Å²) < 4.78 is 6.46. The first-order valence-corrected chi connectivity index (χ1v) is 10.7. The van der Waals surface area contributed by atoms with Crippen LogP contribution >= 0.6 is 0 Å². The average molecular weight is 370 g/mol. The zero-order valence-electron chi connectivity index (χ0n) is 16.2. The third-order valence-corrected chi connectivity index (χ3v) is 8.55. The van der Waals surface area contributed by atoms with Gasteiger partial charge >= 0.3 is 0 Å². The number of hydrogen-bond acceptors (Lipinski definition) is 5. The number of piperidine rings is 1. The van der Waals surface area contributed by atoms with E-state index < -0.39 is 11.0 Å². The van der Waals surface area contributed by atoms with Gasteiger partial charge in [0.1, 0.15) is 6.10 Å². The van der Waals surface area contributed by atoms with E-state index in [9.17, 15) is 10.2 Å². The minimum Gasteiger partial charge on any atom is -0.504 e. The molecule has 0 aromatic heterocycles. The normalized spacial score (nSPS) is 44.7. The molecule has 5 aliphatic rings. The summed E-state index contributed by atoms with van der Waals surface area (Å²) in [6.07, 6.45) is 5.23. The van der Waals surface area contributed by atoms with E-state index in [1.807, 2.05) is 7.05 Å². The van der Waals surface area contributed by atoms with E-state index in [0.29, 0.717) is 5.75 Å². The summed E-state index contributed by atoms with van der Waals surface area (Å²) in [6, 6.07) is 4.19. The summed E-state index contributed by atoms with van der Waals surface area (Å²) in [6.45, 7) is 4.36. The molecule has 6 atom stereocenters. The highest BCUT2D eigenvalue weighted by atomic mass is 16.5. The molecule has 0 unspecified atom stereocenters. The molecule has 2 bridgehead atoms. The Morgan fingerprint density at radius 3 is 2.89 bits per heavy atom. The number of phenols is 1. The van der Waals surface area contributed by atoms with Crippen LogP contribution in [-0.4, -0.2) is 59.0 Å². The Morgan fingerprint density at radius 1 is 1.33 bits per heavy atom. The number of nitrogens with zero attached hydrogens (tertiary/aromatic N) is 1. The zero-order valence-corrected chi connectivity index (χ0v) is 16.2. The van der Waals surface area contributed by atoms with Crippen molar-refractivity contribution in [3.8, 4) is 11.5 Å². The van der Waals surface area contributed by atoms with E-state index in [1.54, 1.807) is 6.07 Å². The quantitative estimate of drug-likeness (QED) is 0.757. The molecule has 0 radical (unpaired) electrons. The lowest BCUT2D eigenvalue weighted by Gasteiger charge is -2.66. The molecule has 5 nitrogen and oxygen atoms in total. The van der Waals surface area contributed by atoms with Crippen LogP contribution in [0.25, 0.3) is 0 Å². The number of benzene rings is 1. The van der Waals surface area contributed by atoms with Crippen molar-refractivity contribution in [2.45, 2.75) is 68.2 Å². The minimum atomic E-state index is -0.801. The van der Waals surface area contributed by atoms with Crippen molar-refractivity contribution in [1.82, 2.24) is 10.2 Å². The number of nitrogens with one attached hydrogen (secondary N) is 1. The van der Waals surface area contributed by atoms with Crippen LogP contribution in [0.1, 0.15) is 43.7 Å². The fraction of sp³-hybridized carbons (Fsp3) is 0.727. The fourth-order valence-corrected chi connectivity index (χ4v) is 7.20. The standard InChI is InChI=1S/C22H30N2O3/c1-12-9-15(23-2)20-21-7-8-24(11-13-3-4-13)17(22(12,21)26)10-14-5-6-16(25)19(27-20)18(14)21/h5-6,12-13,15,17,20,23,25-26H,3-4,7-11H2,1-2H3/t12-,15-,17+,20+,21-,22+/m0/s1. The van der Waals surface area contributed by atoms with Crippen LogP contribution in [0, 0.1) is 11.8 Å². The van der Waals surface area contributed by atoms with Crippen molar-refractivity contribution in [2.24, 2.45) is 11.8 Å². The molecule has 2 saturated carbocycles. The summed E-state index contributed by atoms with van der Waals surface area (Å²) in [7, 11) is 1.99. The van der Waals surface area contributed by atoms with Crippen LogP contribution < -0.4 is 10.1 Å². The number of aromatic hydroxyl groups is 1. The molecular formula is C22H30N2O3. The number of ether oxygens (including phenoxy) is 1. The van der Waals surface area contributed by atoms with Gasteiger partial charge in [0.15, 0.2) is 11.5 Å². The first-order valence-electron chi connectivity index (χ1n) is 10.7. The Balaban J connectivity index is 1.58. The van der Waals surface area contributed by atoms with Gasteiger partial charge in [-0.3, -0.25) is 4.90 Å². The maximum atomic E-state index is 12.5. The van der Waals surface area contributed by atoms with Gasteiger partial charge in [0.05, 0.1) is 11.0 Å². The van der Waals surface area contributed by atoms with Crippen molar-refractivity contribution in [3.05, 3.63) is 23.3 Å². The number of phenolic OH excluding ortho intramolecular Hbond substituents is 1. The van der Waals surface area contributed by atoms with Crippen molar-refractivity contribution in [1.29, 1.82) is 0 Å². The molecule has 0 amide bonds. The van der Waals surface area contributed by atoms with Gasteiger partial charge in [0.25, 0.3) is 0 Å². The SMILES string of the molecule is CN[C@H]1C[C@H](C)[C@@]2(O)[C@H]3Cc4ccc(O)c5c4[C@@]2(CCN3CC2CC2)[C@@H]1O5. The van der Waals surface area contributed by atoms with Crippen molar-refractivity contribution in [2.75, 3.05) is 20.1 Å². The molecule has 1 spiro atoms. The predicted octanol–water partition coefficient (Wildman–Crippen LogP) is 1.79. The van der Waals surface area contributed by atoms with Crippen molar-refractivity contribution >= 4 is 0 Å². The number of hydrogen-bond donors (Lipinski definition) is 3. The van der Waals surface area contributed by atoms with E-state index in [-0.39, 0.29) is 29.9 Å². The van der Waals surface area contributed by atoms with Crippen LogP contribution in [0.3, 0.4) is 0 Å². The maximum Gasteiger partial charge on any atom is 0.165 e. The average Bonchev–Trinajstić information content (AvgIpc) is 3.39. The highest BCUT2D eigenvalue weighted by molar-refractivity contribution is 5.62. The fourth-order valence-electron chi connectivity index (χ4n) is 7.20. The summed E-state index contributed by atoms with van der Waals surface area (Å²) in [5.41, 5.74) is 1.17. The summed E-state index contributed by atoms with van der Waals surface area (Å²) in [4.78, 5) is 2.59. The van der Waals surface area contributed by atoms with Gasteiger partial charge in [0, 0.05) is 24.2 Å². The van der Waals surface area contributed by atoms with Crippen LogP contribution in [0.5, 0.6) is 11.5 Å². The number of likely N-dealkylation sites (tertiary alicyclic amines) is 1. The molecule has 3 fully saturated rings. The Bertz CT molecular complexity index is 809. The predicted molar refractivity (Wildman–Crippen MR) is 102 cm³/mol. The first kappa shape index (κ1) is 16.6. The van der Waals surface area contributed by atoms with Crippen molar-refractivity contribution < 1.29 is 14.9 Å². The lowest BCUT2D eigenvalue weighted by atomic mass is 9.45. The molecule has 6 rings (SSSR count). The lowest BCUT2D eigenvalue weighted by molar-refractivity contribution is -0.217. The molecular weight excluding hydrogens is 340 g/mol. The maximum absolute atomic E-state index is 12.5. The molecule has 1 aromatic carbocycles. The monoisotopic (exact) mass is 370 g/mol. The smallest absolute Gasteiger partial charge is 0.165 e. The molecule has 3 N–H and O–H groups in total. The second-order valence-corrected chi connectivity index (χ2v) is 9.72. The molecule has 2 heterocycles. The van der Waals surface area contributed by atoms with E-state index in [1.165, 1.54) is 18.4 Å². The van der Waals surface area contributed by atoms with Gasteiger partial charge in [-0.05, 0) is 69.2 Å². The Hall–Kier alpha value is -1.30. The highest BCUT2D eigenvalue weighted by Crippen LogP contribution is 2.66. The Labute approximate surface area is 160 Å². The summed E-state index contributed by atoms with van der Waals surface area (Å²) in [5, 5.41) is 26.5. The van der Waals surface area contributed by atoms with Crippen LogP contribution in [0.4, 0.5) is 0 Å². The number of rotatable bonds is 3. The first-order chi connectivity index (χ1) is 13.0. The molecule has 2 aliphatic heterocycles. The van der Waals surface area contributed by atoms with E-state index in [4.69, 9.17) is 4.74 Å². The van der Waals surface area contributed by atoms with Crippen LogP contribution in [0.2, 0.25) is 0 Å². The van der Waals surface area contributed by atoms with Gasteiger partial charge in [0.2, 0.25) is 0 Å². The Kier molecular flexibility index (Phi) is 3.20. The molecule has 5 heteroatoms.